The summed E-state index contributed by atoms with van der Waals surface area (Å²) in [6, 6.07) is 1.20. The summed E-state index contributed by atoms with van der Waals surface area (Å²) in [6.07, 6.45) is 0. The highest BCUT2D eigenvalue weighted by atomic mass is 32.2. The van der Waals surface area contributed by atoms with E-state index in [9.17, 15) is 17.2 Å². The van der Waals surface area contributed by atoms with Crippen LogP contribution in [0.3, 0.4) is 0 Å². The summed E-state index contributed by atoms with van der Waals surface area (Å²) in [5.41, 5.74) is 5.11. The first kappa shape index (κ1) is 15.8. The average molecular weight is 292 g/mol. The fourth-order valence-corrected chi connectivity index (χ4v) is 3.19. The largest absolute Gasteiger partial charge is 0.399 e. The number of sulfonamides is 1. The zero-order valence-corrected chi connectivity index (χ0v) is 12.1. The molecule has 0 aliphatic carbocycles. The minimum Gasteiger partial charge on any atom is -0.399 e. The van der Waals surface area contributed by atoms with Crippen LogP contribution in [0.2, 0.25) is 0 Å². The van der Waals surface area contributed by atoms with Crippen LogP contribution in [-0.2, 0) is 10.0 Å². The molecule has 1 aromatic rings. The lowest BCUT2D eigenvalue weighted by Gasteiger charge is -2.27. The van der Waals surface area contributed by atoms with Gasteiger partial charge in [0.1, 0.15) is 11.6 Å². The molecule has 0 aliphatic heterocycles. The van der Waals surface area contributed by atoms with Crippen molar-refractivity contribution in [3.63, 3.8) is 0 Å². The fraction of sp³-hybridized carbons (Fsp3) is 0.500. The van der Waals surface area contributed by atoms with Crippen LogP contribution in [0.15, 0.2) is 17.0 Å². The van der Waals surface area contributed by atoms with Crippen LogP contribution < -0.4 is 5.73 Å². The Hall–Kier alpha value is -1.21. The van der Waals surface area contributed by atoms with Gasteiger partial charge >= 0.3 is 0 Å². The van der Waals surface area contributed by atoms with Gasteiger partial charge in [0.25, 0.3) is 0 Å². The van der Waals surface area contributed by atoms with Crippen molar-refractivity contribution >= 4 is 15.7 Å². The zero-order chi connectivity index (χ0) is 15.0. The molecular formula is C12H18F2N2O2S. The normalized spacial score (nSPS) is 14.1. The topological polar surface area (TPSA) is 63.4 Å². The number of nitrogens with zero attached hydrogens (tertiary/aromatic N) is 1. The summed E-state index contributed by atoms with van der Waals surface area (Å²) in [5.74, 6) is -2.35. The summed E-state index contributed by atoms with van der Waals surface area (Å²) in [7, 11) is -2.93. The van der Waals surface area contributed by atoms with Crippen LogP contribution in [0.1, 0.15) is 20.8 Å². The van der Waals surface area contributed by atoms with Crippen LogP contribution in [0.5, 0.6) is 0 Å². The van der Waals surface area contributed by atoms with Crippen LogP contribution >= 0.6 is 0 Å². The molecule has 0 radical (unpaired) electrons. The Bertz CT molecular complexity index is 550. The van der Waals surface area contributed by atoms with Gasteiger partial charge in [0.2, 0.25) is 10.0 Å². The Morgan fingerprint density at radius 1 is 1.16 bits per heavy atom. The molecule has 0 saturated carbocycles. The molecular weight excluding hydrogens is 274 g/mol. The van der Waals surface area contributed by atoms with Gasteiger partial charge in [0.05, 0.1) is 0 Å². The van der Waals surface area contributed by atoms with Gasteiger partial charge in [-0.3, -0.25) is 0 Å². The van der Waals surface area contributed by atoms with E-state index < -0.39 is 26.6 Å². The second-order valence-electron chi connectivity index (χ2n) is 4.82. The van der Waals surface area contributed by atoms with Crippen molar-refractivity contribution in [2.75, 3.05) is 12.8 Å². The monoisotopic (exact) mass is 292 g/mol. The molecule has 0 saturated heterocycles. The molecule has 4 nitrogen and oxygen atoms in total. The molecule has 0 heterocycles. The van der Waals surface area contributed by atoms with Crippen molar-refractivity contribution in [1.82, 2.24) is 4.31 Å². The highest BCUT2D eigenvalue weighted by Gasteiger charge is 2.32. The highest BCUT2D eigenvalue weighted by Crippen LogP contribution is 2.26. The second-order valence-corrected chi connectivity index (χ2v) is 6.75. The molecule has 0 fully saturated rings. The third kappa shape index (κ3) is 3.03. The summed E-state index contributed by atoms with van der Waals surface area (Å²) in [5, 5.41) is 0. The first-order chi connectivity index (χ1) is 8.59. The lowest BCUT2D eigenvalue weighted by atomic mass is 10.1. The summed E-state index contributed by atoms with van der Waals surface area (Å²) < 4.78 is 52.9. The summed E-state index contributed by atoms with van der Waals surface area (Å²) >= 11 is 0. The molecule has 19 heavy (non-hydrogen) atoms. The number of rotatable bonds is 4. The van der Waals surface area contributed by atoms with E-state index in [4.69, 9.17) is 5.73 Å². The van der Waals surface area contributed by atoms with E-state index in [1.165, 1.54) is 7.05 Å². The lowest BCUT2D eigenvalue weighted by Crippen LogP contribution is -2.39. The van der Waals surface area contributed by atoms with E-state index in [1.54, 1.807) is 6.92 Å². The predicted molar refractivity (Wildman–Crippen MR) is 70.0 cm³/mol. The van der Waals surface area contributed by atoms with Crippen molar-refractivity contribution in [3.05, 3.63) is 23.8 Å². The Morgan fingerprint density at radius 2 is 1.58 bits per heavy atom. The van der Waals surface area contributed by atoms with Gasteiger partial charge in [0.15, 0.2) is 4.90 Å². The van der Waals surface area contributed by atoms with Crippen molar-refractivity contribution in [1.29, 1.82) is 0 Å². The zero-order valence-electron chi connectivity index (χ0n) is 11.3. The third-order valence-electron chi connectivity index (χ3n) is 3.20. The molecule has 0 aromatic heterocycles. The van der Waals surface area contributed by atoms with Gasteiger partial charge in [-0.1, -0.05) is 13.8 Å². The van der Waals surface area contributed by atoms with Gasteiger partial charge in [-0.25, -0.2) is 17.2 Å². The molecule has 1 atom stereocenters. The number of benzene rings is 1. The molecule has 1 rings (SSSR count). The van der Waals surface area contributed by atoms with Crippen LogP contribution in [0.25, 0.3) is 0 Å². The van der Waals surface area contributed by atoms with E-state index in [2.05, 4.69) is 0 Å². The van der Waals surface area contributed by atoms with Gasteiger partial charge in [-0.2, -0.15) is 4.31 Å². The van der Waals surface area contributed by atoms with Gasteiger partial charge < -0.3 is 5.73 Å². The Kier molecular flexibility index (Phi) is 4.52. The first-order valence-electron chi connectivity index (χ1n) is 5.81. The number of hydrogen-bond acceptors (Lipinski definition) is 3. The number of nitrogens with two attached hydrogens (primary N) is 1. The van der Waals surface area contributed by atoms with Crippen LogP contribution in [0, 0.1) is 17.6 Å². The van der Waals surface area contributed by atoms with Crippen LogP contribution in [-0.4, -0.2) is 25.8 Å². The van der Waals surface area contributed by atoms with Crippen molar-refractivity contribution in [2.45, 2.75) is 31.7 Å². The standard InChI is InChI=1S/C12H18F2N2O2S/c1-7(2)8(3)16(4)19(17,18)12-10(13)5-9(15)6-11(12)14/h5-8H,15H2,1-4H3. The van der Waals surface area contributed by atoms with Crippen LogP contribution in [0.4, 0.5) is 14.5 Å². The fourth-order valence-electron chi connectivity index (χ4n) is 1.61. The SMILES string of the molecule is CC(C)C(C)N(C)S(=O)(=O)c1c(F)cc(N)cc1F. The van der Waals surface area contributed by atoms with E-state index in [0.29, 0.717) is 0 Å². The molecule has 2 N–H and O–H groups in total. The number of hydrogen-bond donors (Lipinski definition) is 1. The number of nitrogen functional groups attached to an aromatic ring is 1. The first-order valence-corrected chi connectivity index (χ1v) is 7.25. The molecule has 1 aromatic carbocycles. The maximum Gasteiger partial charge on any atom is 0.248 e. The molecule has 0 amide bonds. The molecule has 7 heteroatoms. The number of halogens is 2. The molecule has 0 bridgehead atoms. The minimum absolute atomic E-state index is 0.0136. The smallest absolute Gasteiger partial charge is 0.248 e. The Labute approximate surface area is 112 Å². The van der Waals surface area contributed by atoms with E-state index >= 15 is 0 Å². The molecule has 0 aliphatic rings. The summed E-state index contributed by atoms with van der Waals surface area (Å²) in [4.78, 5) is -0.961. The van der Waals surface area contributed by atoms with E-state index in [0.717, 1.165) is 16.4 Å². The van der Waals surface area contributed by atoms with Gasteiger partial charge in [0, 0.05) is 18.8 Å². The van der Waals surface area contributed by atoms with Crippen molar-refractivity contribution < 1.29 is 17.2 Å². The quantitative estimate of drug-likeness (QED) is 0.865. The lowest BCUT2D eigenvalue weighted by molar-refractivity contribution is 0.313. The van der Waals surface area contributed by atoms with Crippen molar-refractivity contribution in [2.24, 2.45) is 5.92 Å². The maximum absolute atomic E-state index is 13.7. The Balaban J connectivity index is 3.36. The molecule has 0 spiro atoms. The highest BCUT2D eigenvalue weighted by molar-refractivity contribution is 7.89. The Morgan fingerprint density at radius 3 is 1.95 bits per heavy atom. The van der Waals surface area contributed by atoms with Gasteiger partial charge in [-0.05, 0) is 25.0 Å². The second kappa shape index (κ2) is 5.42. The van der Waals surface area contributed by atoms with Crippen molar-refractivity contribution in [3.8, 4) is 0 Å². The predicted octanol–water partition coefficient (Wildman–Crippen LogP) is 2.21. The molecule has 1 unspecified atom stereocenters. The van der Waals surface area contributed by atoms with E-state index in [-0.39, 0.29) is 17.6 Å². The van der Waals surface area contributed by atoms with E-state index in [1.807, 2.05) is 13.8 Å². The number of anilines is 1. The maximum atomic E-state index is 13.7. The van der Waals surface area contributed by atoms with Gasteiger partial charge in [-0.15, -0.1) is 0 Å². The third-order valence-corrected chi connectivity index (χ3v) is 5.19. The summed E-state index contributed by atoms with van der Waals surface area (Å²) in [6.45, 7) is 5.33. The average Bonchev–Trinajstić information content (AvgIpc) is 2.24. The molecule has 108 valence electrons. The minimum atomic E-state index is -4.23.